The van der Waals surface area contributed by atoms with Gasteiger partial charge < -0.3 is 9.64 Å². The Morgan fingerprint density at radius 2 is 2.11 bits per heavy atom. The van der Waals surface area contributed by atoms with Crippen LogP contribution >= 0.6 is 0 Å². The molecule has 0 amide bonds. The number of aromatic amines is 1. The van der Waals surface area contributed by atoms with E-state index in [0.717, 1.165) is 40.7 Å². The molecular formula is C18H20N8O. The van der Waals surface area contributed by atoms with E-state index in [0.29, 0.717) is 13.2 Å². The lowest BCUT2D eigenvalue weighted by molar-refractivity contribution is 0.0985. The maximum Gasteiger partial charge on any atom is 0.167 e. The van der Waals surface area contributed by atoms with Crippen LogP contribution in [0.25, 0.3) is 28.3 Å². The molecule has 1 atom stereocenters. The standard InChI is InChI=1S/C18H20N8O/c1-12-11-27-8-7-25(12)17-9-16(15-4-6-20-24(15)2)26-18(22-17)13(10-21-26)14-3-5-19-23-14/h3-6,9-10,12H,7-8,11H2,1-2H3,(H,19,23). The first-order valence-corrected chi connectivity index (χ1v) is 8.93. The van der Waals surface area contributed by atoms with E-state index in [-0.39, 0.29) is 6.04 Å². The van der Waals surface area contributed by atoms with Crippen molar-refractivity contribution in [2.75, 3.05) is 24.7 Å². The highest BCUT2D eigenvalue weighted by Gasteiger charge is 2.24. The lowest BCUT2D eigenvalue weighted by atomic mass is 10.2. The smallest absolute Gasteiger partial charge is 0.167 e. The summed E-state index contributed by atoms with van der Waals surface area (Å²) in [6.45, 7) is 4.36. The van der Waals surface area contributed by atoms with Crippen LogP contribution < -0.4 is 4.90 Å². The fourth-order valence-electron chi connectivity index (χ4n) is 3.57. The highest BCUT2D eigenvalue weighted by atomic mass is 16.5. The molecule has 0 saturated carbocycles. The Hall–Kier alpha value is -3.20. The van der Waals surface area contributed by atoms with Gasteiger partial charge in [0.2, 0.25) is 0 Å². The van der Waals surface area contributed by atoms with Crippen molar-refractivity contribution in [3.63, 3.8) is 0 Å². The zero-order valence-corrected chi connectivity index (χ0v) is 15.2. The van der Waals surface area contributed by atoms with Crippen LogP contribution in [0.3, 0.4) is 0 Å². The summed E-state index contributed by atoms with van der Waals surface area (Å²) in [6.07, 6.45) is 5.34. The number of morpholine rings is 1. The molecule has 0 spiro atoms. The molecule has 5 rings (SSSR count). The summed E-state index contributed by atoms with van der Waals surface area (Å²) in [6, 6.07) is 6.24. The minimum Gasteiger partial charge on any atom is -0.377 e. The average Bonchev–Trinajstić information content (AvgIpc) is 3.41. The molecule has 1 unspecified atom stereocenters. The highest BCUT2D eigenvalue weighted by molar-refractivity contribution is 5.78. The number of nitrogens with one attached hydrogen (secondary N) is 1. The molecule has 0 radical (unpaired) electrons. The maximum absolute atomic E-state index is 5.60. The van der Waals surface area contributed by atoms with Crippen LogP contribution in [0.4, 0.5) is 5.82 Å². The molecule has 1 fully saturated rings. The van der Waals surface area contributed by atoms with E-state index in [1.165, 1.54) is 0 Å². The number of ether oxygens (including phenoxy) is 1. The second-order valence-electron chi connectivity index (χ2n) is 6.72. The third kappa shape index (κ3) is 2.58. The molecule has 1 N–H and O–H groups in total. The third-order valence-electron chi connectivity index (χ3n) is 4.99. The quantitative estimate of drug-likeness (QED) is 0.596. The van der Waals surface area contributed by atoms with Crippen LogP contribution in [0.1, 0.15) is 6.92 Å². The molecular weight excluding hydrogens is 344 g/mol. The fourth-order valence-corrected chi connectivity index (χ4v) is 3.57. The van der Waals surface area contributed by atoms with E-state index in [9.17, 15) is 0 Å². The summed E-state index contributed by atoms with van der Waals surface area (Å²) < 4.78 is 9.30. The van der Waals surface area contributed by atoms with Gasteiger partial charge in [-0.2, -0.15) is 15.3 Å². The Balaban J connectivity index is 1.76. The Morgan fingerprint density at radius 3 is 2.85 bits per heavy atom. The molecule has 5 heterocycles. The number of rotatable bonds is 3. The largest absolute Gasteiger partial charge is 0.377 e. The molecule has 1 aliphatic heterocycles. The fraction of sp³-hybridized carbons (Fsp3) is 0.333. The van der Waals surface area contributed by atoms with Gasteiger partial charge in [0.15, 0.2) is 5.65 Å². The number of nitrogens with zero attached hydrogens (tertiary/aromatic N) is 7. The van der Waals surface area contributed by atoms with Gasteiger partial charge in [-0.1, -0.05) is 0 Å². The van der Waals surface area contributed by atoms with Gasteiger partial charge in [-0.15, -0.1) is 0 Å². The number of H-pyrrole nitrogens is 1. The minimum absolute atomic E-state index is 0.256. The molecule has 4 aromatic heterocycles. The lowest BCUT2D eigenvalue weighted by Gasteiger charge is -2.34. The summed E-state index contributed by atoms with van der Waals surface area (Å²) >= 11 is 0. The molecule has 9 heteroatoms. The highest BCUT2D eigenvalue weighted by Crippen LogP contribution is 2.30. The Labute approximate surface area is 155 Å². The van der Waals surface area contributed by atoms with Crippen LogP contribution in [0, 0.1) is 0 Å². The summed E-state index contributed by atoms with van der Waals surface area (Å²) in [7, 11) is 1.93. The first-order chi connectivity index (χ1) is 13.2. The SMILES string of the molecule is CC1COCCN1c1cc(-c2ccnn2C)n2ncc(-c3ccn[nH]3)c2n1. The minimum atomic E-state index is 0.256. The van der Waals surface area contributed by atoms with E-state index in [1.807, 2.05) is 34.6 Å². The van der Waals surface area contributed by atoms with Crippen molar-refractivity contribution in [2.45, 2.75) is 13.0 Å². The zero-order chi connectivity index (χ0) is 18.4. The Bertz CT molecular complexity index is 1080. The van der Waals surface area contributed by atoms with Gasteiger partial charge in [-0.05, 0) is 19.1 Å². The average molecular weight is 364 g/mol. The van der Waals surface area contributed by atoms with E-state index in [2.05, 4.69) is 38.3 Å². The van der Waals surface area contributed by atoms with Gasteiger partial charge in [0.25, 0.3) is 0 Å². The third-order valence-corrected chi connectivity index (χ3v) is 4.99. The number of fused-ring (bicyclic) bond motifs is 1. The molecule has 0 aliphatic carbocycles. The summed E-state index contributed by atoms with van der Waals surface area (Å²) in [5.41, 5.74) is 4.51. The van der Waals surface area contributed by atoms with Gasteiger partial charge in [-0.3, -0.25) is 9.78 Å². The van der Waals surface area contributed by atoms with Crippen LogP contribution in [0.15, 0.2) is 36.8 Å². The normalized spacial score (nSPS) is 17.7. The lowest BCUT2D eigenvalue weighted by Crippen LogP contribution is -2.44. The molecule has 1 aliphatic rings. The summed E-state index contributed by atoms with van der Waals surface area (Å²) in [4.78, 5) is 7.24. The second kappa shape index (κ2) is 6.20. The van der Waals surface area contributed by atoms with Crippen molar-refractivity contribution in [1.82, 2.24) is 34.6 Å². The van der Waals surface area contributed by atoms with Crippen molar-refractivity contribution in [3.8, 4) is 22.6 Å². The predicted molar refractivity (Wildman–Crippen MR) is 100 cm³/mol. The Morgan fingerprint density at radius 1 is 1.19 bits per heavy atom. The molecule has 138 valence electrons. The maximum atomic E-state index is 5.60. The summed E-state index contributed by atoms with van der Waals surface area (Å²) in [5, 5.41) is 16.0. The van der Waals surface area contributed by atoms with Gasteiger partial charge in [0.1, 0.15) is 5.82 Å². The number of aromatic nitrogens is 7. The van der Waals surface area contributed by atoms with Crippen LogP contribution in [0.2, 0.25) is 0 Å². The first-order valence-electron chi connectivity index (χ1n) is 8.93. The Kier molecular flexibility index (Phi) is 3.68. The molecule has 27 heavy (non-hydrogen) atoms. The van der Waals surface area contributed by atoms with E-state index >= 15 is 0 Å². The first kappa shape index (κ1) is 16.0. The van der Waals surface area contributed by atoms with E-state index in [4.69, 9.17) is 9.72 Å². The van der Waals surface area contributed by atoms with Crippen molar-refractivity contribution in [3.05, 3.63) is 36.8 Å². The molecule has 0 bridgehead atoms. The van der Waals surface area contributed by atoms with E-state index in [1.54, 1.807) is 12.4 Å². The number of hydrogen-bond acceptors (Lipinski definition) is 6. The zero-order valence-electron chi connectivity index (χ0n) is 15.2. The predicted octanol–water partition coefficient (Wildman–Crippen LogP) is 1.74. The van der Waals surface area contributed by atoms with Crippen LogP contribution in [-0.2, 0) is 11.8 Å². The number of hydrogen-bond donors (Lipinski definition) is 1. The van der Waals surface area contributed by atoms with Crippen molar-refractivity contribution in [2.24, 2.45) is 7.05 Å². The van der Waals surface area contributed by atoms with Gasteiger partial charge >= 0.3 is 0 Å². The van der Waals surface area contributed by atoms with Crippen molar-refractivity contribution in [1.29, 1.82) is 0 Å². The van der Waals surface area contributed by atoms with E-state index < -0.39 is 0 Å². The summed E-state index contributed by atoms with van der Waals surface area (Å²) in [5.74, 6) is 0.913. The van der Waals surface area contributed by atoms with Gasteiger partial charge in [0.05, 0.1) is 48.1 Å². The monoisotopic (exact) mass is 364 g/mol. The molecule has 4 aromatic rings. The van der Waals surface area contributed by atoms with Crippen molar-refractivity contribution < 1.29 is 4.74 Å². The van der Waals surface area contributed by atoms with Gasteiger partial charge in [0, 0.05) is 32.1 Å². The topological polar surface area (TPSA) is 89.2 Å². The van der Waals surface area contributed by atoms with Gasteiger partial charge in [-0.25, -0.2) is 9.50 Å². The second-order valence-corrected chi connectivity index (χ2v) is 6.72. The number of anilines is 1. The van der Waals surface area contributed by atoms with Crippen LogP contribution in [0.5, 0.6) is 0 Å². The number of aryl methyl sites for hydroxylation is 1. The molecule has 9 nitrogen and oxygen atoms in total. The molecule has 1 saturated heterocycles. The molecule has 0 aromatic carbocycles. The van der Waals surface area contributed by atoms with Crippen molar-refractivity contribution >= 4 is 11.5 Å². The van der Waals surface area contributed by atoms with Crippen LogP contribution in [-0.4, -0.2) is 60.4 Å².